The Morgan fingerprint density at radius 1 is 1.03 bits per heavy atom. The minimum absolute atomic E-state index is 0.124. The van der Waals surface area contributed by atoms with Gasteiger partial charge in [0.05, 0.1) is 18.5 Å². The summed E-state index contributed by atoms with van der Waals surface area (Å²) in [5, 5.41) is 7.44. The molecule has 0 radical (unpaired) electrons. The number of nitrogens with one attached hydrogen (secondary N) is 1. The second-order valence-electron chi connectivity index (χ2n) is 8.89. The molecule has 0 saturated heterocycles. The second kappa shape index (κ2) is 9.62. The summed E-state index contributed by atoms with van der Waals surface area (Å²) < 4.78 is 7.49. The van der Waals surface area contributed by atoms with E-state index >= 15 is 0 Å². The first kappa shape index (κ1) is 22.7. The summed E-state index contributed by atoms with van der Waals surface area (Å²) in [4.78, 5) is 27.6. The van der Waals surface area contributed by atoms with Crippen LogP contribution < -0.4 is 5.32 Å². The molecule has 0 spiro atoms. The second-order valence-corrected chi connectivity index (χ2v) is 8.89. The quantitative estimate of drug-likeness (QED) is 0.434. The van der Waals surface area contributed by atoms with Gasteiger partial charge in [-0.3, -0.25) is 9.59 Å². The highest BCUT2D eigenvalue weighted by Crippen LogP contribution is 2.29. The minimum Gasteiger partial charge on any atom is -0.467 e. The van der Waals surface area contributed by atoms with Crippen molar-refractivity contribution in [2.45, 2.75) is 39.3 Å². The number of aromatic nitrogens is 2. The average Bonchev–Trinajstić information content (AvgIpc) is 3.63. The van der Waals surface area contributed by atoms with Crippen molar-refractivity contribution >= 4 is 11.8 Å². The van der Waals surface area contributed by atoms with E-state index in [1.807, 2.05) is 41.1 Å². The highest BCUT2D eigenvalue weighted by Gasteiger charge is 2.30. The van der Waals surface area contributed by atoms with E-state index in [1.54, 1.807) is 30.3 Å². The summed E-state index contributed by atoms with van der Waals surface area (Å²) in [6, 6.07) is 19.2. The predicted octanol–water partition coefficient (Wildman–Crippen LogP) is 4.46. The number of hydrogen-bond acceptors (Lipinski definition) is 4. The van der Waals surface area contributed by atoms with Gasteiger partial charge in [0.25, 0.3) is 11.8 Å². The van der Waals surface area contributed by atoms with Crippen LogP contribution in [0.15, 0.2) is 71.3 Å². The number of hydrogen-bond donors (Lipinski definition) is 1. The third-order valence-electron chi connectivity index (χ3n) is 6.44. The van der Waals surface area contributed by atoms with Crippen molar-refractivity contribution in [1.29, 1.82) is 0 Å². The average molecular weight is 469 g/mol. The molecule has 7 nitrogen and oxygen atoms in total. The van der Waals surface area contributed by atoms with E-state index in [4.69, 9.17) is 9.52 Å². The Bertz CT molecular complexity index is 1340. The molecule has 2 heterocycles. The Labute approximate surface area is 204 Å². The normalized spacial score (nSPS) is 12.4. The van der Waals surface area contributed by atoms with Crippen LogP contribution >= 0.6 is 0 Å². The lowest BCUT2D eigenvalue weighted by Crippen LogP contribution is -2.31. The molecule has 0 unspecified atom stereocenters. The van der Waals surface area contributed by atoms with Crippen molar-refractivity contribution in [2.75, 3.05) is 7.05 Å². The van der Waals surface area contributed by atoms with Crippen LogP contribution in [0.3, 0.4) is 0 Å². The fraction of sp³-hybridized carbons (Fsp3) is 0.250. The Hall–Kier alpha value is -4.13. The molecular weight excluding hydrogens is 440 g/mol. The molecule has 0 aliphatic heterocycles. The number of rotatable bonds is 7. The van der Waals surface area contributed by atoms with Gasteiger partial charge in [0.15, 0.2) is 5.69 Å². The summed E-state index contributed by atoms with van der Waals surface area (Å²) in [7, 11) is 1.61. The number of furan rings is 1. The molecule has 0 bridgehead atoms. The fourth-order valence-corrected chi connectivity index (χ4v) is 4.57. The van der Waals surface area contributed by atoms with E-state index in [2.05, 4.69) is 24.4 Å². The maximum absolute atomic E-state index is 13.9. The number of carbonyl (C=O) groups is 2. The van der Waals surface area contributed by atoms with Gasteiger partial charge < -0.3 is 14.6 Å². The van der Waals surface area contributed by atoms with Crippen molar-refractivity contribution in [2.24, 2.45) is 0 Å². The van der Waals surface area contributed by atoms with Gasteiger partial charge in [0.2, 0.25) is 0 Å². The third-order valence-corrected chi connectivity index (χ3v) is 6.44. The van der Waals surface area contributed by atoms with Crippen LogP contribution in [0, 0.1) is 6.92 Å². The minimum atomic E-state index is -0.141. The molecule has 7 heteroatoms. The Balaban J connectivity index is 1.47. The van der Waals surface area contributed by atoms with E-state index in [0.29, 0.717) is 30.1 Å². The zero-order chi connectivity index (χ0) is 24.4. The molecule has 0 atom stereocenters. The molecule has 2 aromatic heterocycles. The Morgan fingerprint density at radius 3 is 2.49 bits per heavy atom. The van der Waals surface area contributed by atoms with Crippen molar-refractivity contribution < 1.29 is 14.0 Å². The number of fused-ring (bicyclic) bond motifs is 1. The van der Waals surface area contributed by atoms with Crippen LogP contribution in [-0.2, 0) is 25.9 Å². The fourth-order valence-electron chi connectivity index (χ4n) is 4.57. The van der Waals surface area contributed by atoms with E-state index in [0.717, 1.165) is 41.8 Å². The summed E-state index contributed by atoms with van der Waals surface area (Å²) in [5.41, 5.74) is 6.31. The van der Waals surface area contributed by atoms with Crippen LogP contribution in [0.25, 0.3) is 5.69 Å². The Morgan fingerprint density at radius 2 is 1.80 bits per heavy atom. The summed E-state index contributed by atoms with van der Waals surface area (Å²) in [6.45, 7) is 2.76. The van der Waals surface area contributed by atoms with Gasteiger partial charge in [-0.15, -0.1) is 0 Å². The number of carbonyl (C=O) groups excluding carboxylic acids is 2. The highest BCUT2D eigenvalue weighted by molar-refractivity contribution is 5.95. The first-order valence-corrected chi connectivity index (χ1v) is 11.8. The van der Waals surface area contributed by atoms with E-state index in [9.17, 15) is 9.59 Å². The summed E-state index contributed by atoms with van der Waals surface area (Å²) >= 11 is 0. The molecule has 1 aliphatic carbocycles. The number of nitrogens with zero attached hydrogens (tertiary/aromatic N) is 3. The van der Waals surface area contributed by atoms with Crippen molar-refractivity contribution in [1.82, 2.24) is 20.0 Å². The maximum Gasteiger partial charge on any atom is 0.275 e. The first-order valence-electron chi connectivity index (χ1n) is 11.8. The monoisotopic (exact) mass is 468 g/mol. The molecule has 0 fully saturated rings. The zero-order valence-electron chi connectivity index (χ0n) is 20.0. The summed E-state index contributed by atoms with van der Waals surface area (Å²) in [5.74, 6) is 0.438. The molecule has 5 rings (SSSR count). The zero-order valence-corrected chi connectivity index (χ0v) is 20.0. The lowest BCUT2D eigenvalue weighted by atomic mass is 10.1. The topological polar surface area (TPSA) is 80.4 Å². The molecule has 2 amide bonds. The van der Waals surface area contributed by atoms with Gasteiger partial charge in [-0.25, -0.2) is 4.68 Å². The number of benzene rings is 2. The number of amides is 2. The van der Waals surface area contributed by atoms with Crippen molar-refractivity contribution in [3.63, 3.8) is 0 Å². The lowest BCUT2D eigenvalue weighted by Gasteiger charge is -2.21. The van der Waals surface area contributed by atoms with Crippen molar-refractivity contribution in [3.05, 3.63) is 106 Å². The molecule has 0 saturated carbocycles. The van der Waals surface area contributed by atoms with Gasteiger partial charge in [-0.1, -0.05) is 29.8 Å². The van der Waals surface area contributed by atoms with Crippen molar-refractivity contribution in [3.8, 4) is 5.69 Å². The largest absolute Gasteiger partial charge is 0.467 e. The number of aryl methyl sites for hydroxylation is 1. The van der Waals surface area contributed by atoms with Crippen LogP contribution in [0.1, 0.15) is 55.4 Å². The van der Waals surface area contributed by atoms with Gasteiger partial charge >= 0.3 is 0 Å². The lowest BCUT2D eigenvalue weighted by molar-refractivity contribution is 0.0709. The SMILES string of the molecule is CNC(=O)c1ccc(CN(Cc2ccco2)C(=O)c2nn(-c3ccc(C)cc3)c3c2CCC3)cc1. The van der Waals surface area contributed by atoms with Gasteiger partial charge in [-0.05, 0) is 68.1 Å². The molecule has 1 aliphatic rings. The van der Waals surface area contributed by atoms with E-state index in [1.165, 1.54) is 5.56 Å². The highest BCUT2D eigenvalue weighted by atomic mass is 16.3. The van der Waals surface area contributed by atoms with Crippen LogP contribution in [-0.4, -0.2) is 33.5 Å². The van der Waals surface area contributed by atoms with Gasteiger partial charge in [-0.2, -0.15) is 5.10 Å². The summed E-state index contributed by atoms with van der Waals surface area (Å²) in [6.07, 6.45) is 4.37. The maximum atomic E-state index is 13.9. The molecule has 1 N–H and O–H groups in total. The molecule has 4 aromatic rings. The van der Waals surface area contributed by atoms with Crippen LogP contribution in [0.5, 0.6) is 0 Å². The first-order chi connectivity index (χ1) is 17.0. The predicted molar refractivity (Wildman–Crippen MR) is 132 cm³/mol. The molecule has 35 heavy (non-hydrogen) atoms. The van der Waals surface area contributed by atoms with E-state index in [-0.39, 0.29) is 11.8 Å². The Kier molecular flexibility index (Phi) is 6.23. The van der Waals surface area contributed by atoms with Gasteiger partial charge in [0, 0.05) is 30.4 Å². The standard InChI is InChI=1S/C28H28N4O3/c1-19-8-14-22(15-9-19)32-25-7-3-6-24(25)26(30-32)28(34)31(18-23-5-4-16-35-23)17-20-10-12-21(13-11-20)27(33)29-2/h4-5,8-16H,3,6-7,17-18H2,1-2H3,(H,29,33). The molecule has 178 valence electrons. The van der Waals surface area contributed by atoms with Crippen LogP contribution in [0.4, 0.5) is 0 Å². The molecular formula is C28H28N4O3. The van der Waals surface area contributed by atoms with E-state index < -0.39 is 0 Å². The smallest absolute Gasteiger partial charge is 0.275 e. The van der Waals surface area contributed by atoms with Gasteiger partial charge in [0.1, 0.15) is 5.76 Å². The molecule has 2 aromatic carbocycles. The third kappa shape index (κ3) is 4.62. The van der Waals surface area contributed by atoms with Crippen LogP contribution in [0.2, 0.25) is 0 Å².